The van der Waals surface area contributed by atoms with Gasteiger partial charge in [0, 0.05) is 7.11 Å². The number of carbonyl (C=O) groups is 2. The number of methoxy groups -OCH3 is 2. The van der Waals surface area contributed by atoms with Gasteiger partial charge in [0.1, 0.15) is 18.8 Å². The summed E-state index contributed by atoms with van der Waals surface area (Å²) in [6.45, 7) is -0.551. The Kier molecular flexibility index (Phi) is 7.86. The largest absolute Gasteiger partial charge is 0.508 e. The fraction of sp³-hybridized carbons (Fsp3) is 0.529. The van der Waals surface area contributed by atoms with Crippen LogP contribution >= 0.6 is 0 Å². The molecule has 1 saturated heterocycles. The molecule has 0 N–H and O–H groups in total. The van der Waals surface area contributed by atoms with Gasteiger partial charge < -0.3 is 23.7 Å². The van der Waals surface area contributed by atoms with E-state index in [2.05, 4.69) is 4.74 Å². The molecular weight excluding hydrogens is 453 g/mol. The Labute approximate surface area is 175 Å². The molecule has 0 aromatic heterocycles. The van der Waals surface area contributed by atoms with Gasteiger partial charge in [0.15, 0.2) is 12.4 Å². The molecule has 0 aliphatic carbocycles. The minimum Gasteiger partial charge on any atom is -0.450 e. The molecular formula is C17H19F3O10S. The lowest BCUT2D eigenvalue weighted by atomic mass is 10.1. The quantitative estimate of drug-likeness (QED) is 0.428. The van der Waals surface area contributed by atoms with Crippen molar-refractivity contribution in [3.63, 3.8) is 0 Å². The topological polar surface area (TPSA) is 124 Å². The minimum absolute atomic E-state index is 0.447. The Morgan fingerprint density at radius 1 is 1.16 bits per heavy atom. The summed E-state index contributed by atoms with van der Waals surface area (Å²) in [6.07, 6.45) is -10.8. The van der Waals surface area contributed by atoms with Crippen LogP contribution < -0.4 is 0 Å². The maximum Gasteiger partial charge on any atom is 0.508 e. The standard InChI is InChI=1S/C17H19F3O10S/c1-25-15-13(29-14(21)9-5-4-6-10(7-9)17(18,19)20)12(30-31(3,23)24)11(28-15)8-27-16(22)26-2/h4-7,11-13,15H,8H2,1-3H3/t11-,12+,13-,15?/m1/s1. The molecule has 0 amide bonds. The number of alkyl halides is 3. The van der Waals surface area contributed by atoms with E-state index in [1.54, 1.807) is 0 Å². The first-order valence-electron chi connectivity index (χ1n) is 8.51. The molecule has 1 aliphatic rings. The van der Waals surface area contributed by atoms with Gasteiger partial charge in [0.05, 0.1) is 24.5 Å². The van der Waals surface area contributed by atoms with Crippen molar-refractivity contribution in [2.75, 3.05) is 27.1 Å². The summed E-state index contributed by atoms with van der Waals surface area (Å²) >= 11 is 0. The molecule has 174 valence electrons. The number of ether oxygens (including phenoxy) is 5. The lowest BCUT2D eigenvalue weighted by Gasteiger charge is -2.23. The third-order valence-electron chi connectivity index (χ3n) is 3.99. The first-order valence-corrected chi connectivity index (χ1v) is 10.3. The molecule has 10 nitrogen and oxygen atoms in total. The molecule has 14 heteroatoms. The first-order chi connectivity index (χ1) is 14.4. The van der Waals surface area contributed by atoms with Gasteiger partial charge in [-0.1, -0.05) is 6.07 Å². The average Bonchev–Trinajstić information content (AvgIpc) is 3.00. The van der Waals surface area contributed by atoms with E-state index in [0.717, 1.165) is 38.7 Å². The van der Waals surface area contributed by atoms with Crippen LogP contribution in [0.15, 0.2) is 24.3 Å². The maximum atomic E-state index is 12.9. The zero-order valence-electron chi connectivity index (χ0n) is 16.5. The van der Waals surface area contributed by atoms with Crippen molar-refractivity contribution in [2.45, 2.75) is 30.8 Å². The number of rotatable bonds is 7. The van der Waals surface area contributed by atoms with E-state index >= 15 is 0 Å². The Balaban J connectivity index is 2.27. The van der Waals surface area contributed by atoms with Crippen LogP contribution in [0.5, 0.6) is 0 Å². The highest BCUT2D eigenvalue weighted by Gasteiger charge is 2.50. The normalized spacial score (nSPS) is 23.9. The van der Waals surface area contributed by atoms with Crippen LogP contribution in [-0.2, 0) is 44.2 Å². The van der Waals surface area contributed by atoms with Crippen molar-refractivity contribution >= 4 is 22.2 Å². The van der Waals surface area contributed by atoms with E-state index in [1.807, 2.05) is 0 Å². The number of carbonyl (C=O) groups excluding carboxylic acids is 2. The fourth-order valence-electron chi connectivity index (χ4n) is 2.68. The molecule has 4 atom stereocenters. The highest BCUT2D eigenvalue weighted by Crippen LogP contribution is 2.32. The van der Waals surface area contributed by atoms with Crippen LogP contribution in [0.2, 0.25) is 0 Å². The van der Waals surface area contributed by atoms with Crippen molar-refractivity contribution < 1.29 is 59.0 Å². The summed E-state index contributed by atoms with van der Waals surface area (Å²) in [5.41, 5.74) is -1.53. The van der Waals surface area contributed by atoms with Gasteiger partial charge in [-0.25, -0.2) is 9.59 Å². The Bertz CT molecular complexity index is 902. The lowest BCUT2D eigenvalue weighted by molar-refractivity contribution is -0.155. The molecule has 2 rings (SSSR count). The molecule has 1 unspecified atom stereocenters. The molecule has 1 fully saturated rings. The average molecular weight is 472 g/mol. The molecule has 1 aromatic rings. The Morgan fingerprint density at radius 2 is 1.84 bits per heavy atom. The van der Waals surface area contributed by atoms with Gasteiger partial charge in [-0.05, 0) is 18.2 Å². The minimum atomic E-state index is -4.69. The molecule has 1 heterocycles. The van der Waals surface area contributed by atoms with E-state index in [1.165, 1.54) is 0 Å². The number of hydrogen-bond donors (Lipinski definition) is 0. The summed E-state index contributed by atoms with van der Waals surface area (Å²) in [5.74, 6) is -1.21. The van der Waals surface area contributed by atoms with Crippen LogP contribution in [0.25, 0.3) is 0 Å². The second kappa shape index (κ2) is 9.80. The lowest BCUT2D eigenvalue weighted by Crippen LogP contribution is -2.42. The van der Waals surface area contributed by atoms with Gasteiger partial charge in [0.2, 0.25) is 0 Å². The summed E-state index contributed by atoms with van der Waals surface area (Å²) in [5, 5.41) is 0. The van der Waals surface area contributed by atoms with Crippen molar-refractivity contribution in [2.24, 2.45) is 0 Å². The zero-order chi connectivity index (χ0) is 23.4. The second-order valence-corrected chi connectivity index (χ2v) is 7.86. The van der Waals surface area contributed by atoms with E-state index < -0.39 is 70.8 Å². The van der Waals surface area contributed by atoms with Gasteiger partial charge in [0.25, 0.3) is 10.1 Å². The zero-order valence-corrected chi connectivity index (χ0v) is 17.3. The Morgan fingerprint density at radius 3 is 2.39 bits per heavy atom. The van der Waals surface area contributed by atoms with Crippen LogP contribution in [0.1, 0.15) is 15.9 Å². The van der Waals surface area contributed by atoms with Crippen molar-refractivity contribution in [3.8, 4) is 0 Å². The van der Waals surface area contributed by atoms with E-state index in [-0.39, 0.29) is 0 Å². The van der Waals surface area contributed by atoms with E-state index in [9.17, 15) is 31.2 Å². The smallest absolute Gasteiger partial charge is 0.450 e. The maximum absolute atomic E-state index is 12.9. The van der Waals surface area contributed by atoms with Crippen molar-refractivity contribution in [1.29, 1.82) is 0 Å². The summed E-state index contributed by atoms with van der Waals surface area (Å²) < 4.78 is 91.5. The monoisotopic (exact) mass is 472 g/mol. The SMILES string of the molecule is COC(=O)OC[C@H]1OC(OC)[C@H](OC(=O)c2cccc(C(F)(F)F)c2)[C@H]1OS(C)(=O)=O. The highest BCUT2D eigenvalue weighted by molar-refractivity contribution is 7.86. The number of halogens is 3. The third kappa shape index (κ3) is 6.78. The highest BCUT2D eigenvalue weighted by atomic mass is 32.2. The van der Waals surface area contributed by atoms with Crippen molar-refractivity contribution in [3.05, 3.63) is 35.4 Å². The first kappa shape index (κ1) is 24.8. The summed E-state index contributed by atoms with van der Waals surface area (Å²) in [7, 11) is -1.93. The number of hydrogen-bond acceptors (Lipinski definition) is 10. The molecule has 0 saturated carbocycles. The van der Waals surface area contributed by atoms with Crippen molar-refractivity contribution in [1.82, 2.24) is 0 Å². The molecule has 0 spiro atoms. The predicted octanol–water partition coefficient (Wildman–Crippen LogP) is 1.73. The van der Waals surface area contributed by atoms with Gasteiger partial charge >= 0.3 is 18.3 Å². The van der Waals surface area contributed by atoms with Gasteiger partial charge in [-0.15, -0.1) is 0 Å². The van der Waals surface area contributed by atoms with Crippen LogP contribution in [0.4, 0.5) is 18.0 Å². The third-order valence-corrected chi connectivity index (χ3v) is 4.56. The molecule has 0 radical (unpaired) electrons. The Hall–Kier alpha value is -2.42. The van der Waals surface area contributed by atoms with E-state index in [4.69, 9.17) is 23.1 Å². The molecule has 0 bridgehead atoms. The van der Waals surface area contributed by atoms with Crippen LogP contribution in [-0.4, -0.2) is 72.2 Å². The second-order valence-electron chi connectivity index (χ2n) is 6.26. The van der Waals surface area contributed by atoms with Gasteiger partial charge in [-0.2, -0.15) is 21.6 Å². The summed E-state index contributed by atoms with van der Waals surface area (Å²) in [4.78, 5) is 23.7. The summed E-state index contributed by atoms with van der Waals surface area (Å²) in [6, 6.07) is 3.43. The van der Waals surface area contributed by atoms with Crippen LogP contribution in [0.3, 0.4) is 0 Å². The van der Waals surface area contributed by atoms with Crippen LogP contribution in [0, 0.1) is 0 Å². The fourth-order valence-corrected chi connectivity index (χ4v) is 3.32. The number of benzene rings is 1. The number of esters is 1. The molecule has 31 heavy (non-hydrogen) atoms. The molecule has 1 aliphatic heterocycles. The van der Waals surface area contributed by atoms with Gasteiger partial charge in [-0.3, -0.25) is 4.18 Å². The van der Waals surface area contributed by atoms with E-state index in [0.29, 0.717) is 6.07 Å². The predicted molar refractivity (Wildman–Crippen MR) is 94.4 cm³/mol. The molecule has 1 aromatic carbocycles.